The molecular formula is C23H34N4O2S. The van der Waals surface area contributed by atoms with Crippen molar-refractivity contribution in [1.82, 2.24) is 10.2 Å². The lowest BCUT2D eigenvalue weighted by Gasteiger charge is -2.21. The number of hydrogen-bond acceptors (Lipinski definition) is 5. The minimum Gasteiger partial charge on any atom is -0.397 e. The molecule has 4 N–H and O–H groups in total. The predicted molar refractivity (Wildman–Crippen MR) is 126 cm³/mol. The van der Waals surface area contributed by atoms with E-state index in [0.29, 0.717) is 27.7 Å². The molecule has 2 amide bonds. The molecule has 0 spiro atoms. The number of nitrogens with zero attached hydrogens (tertiary/aromatic N) is 1. The maximum atomic E-state index is 12.4. The Bertz CT molecular complexity index is 798. The zero-order valence-electron chi connectivity index (χ0n) is 18.1. The first-order valence-corrected chi connectivity index (χ1v) is 11.6. The second-order valence-corrected chi connectivity index (χ2v) is 8.45. The summed E-state index contributed by atoms with van der Waals surface area (Å²) in [6.45, 7) is 8.30. The highest BCUT2D eigenvalue weighted by atomic mass is 32.1. The van der Waals surface area contributed by atoms with Gasteiger partial charge in [0.2, 0.25) is 0 Å². The van der Waals surface area contributed by atoms with Gasteiger partial charge < -0.3 is 21.3 Å². The summed E-state index contributed by atoms with van der Waals surface area (Å²) in [6, 6.07) is 10.5. The van der Waals surface area contributed by atoms with E-state index in [1.165, 1.54) is 37.0 Å². The van der Waals surface area contributed by atoms with Crippen LogP contribution >= 0.6 is 11.3 Å². The smallest absolute Gasteiger partial charge is 0.265 e. The molecule has 2 rings (SSSR count). The number of carbonyl (C=O) groups excluding carboxylic acids is 2. The molecule has 0 bridgehead atoms. The summed E-state index contributed by atoms with van der Waals surface area (Å²) in [7, 11) is 0. The zero-order valence-corrected chi connectivity index (χ0v) is 18.9. The van der Waals surface area contributed by atoms with Gasteiger partial charge in [-0.3, -0.25) is 9.59 Å². The van der Waals surface area contributed by atoms with Crippen LogP contribution in [0.2, 0.25) is 0 Å². The maximum absolute atomic E-state index is 12.4. The Hall–Kier alpha value is -2.38. The SMILES string of the molecule is CCCCN(CCCC)CCCNC(=O)c1ccc(C(=O)Nc2ccccc2N)s1. The van der Waals surface area contributed by atoms with Gasteiger partial charge in [0.15, 0.2) is 0 Å². The van der Waals surface area contributed by atoms with Crippen molar-refractivity contribution >= 4 is 34.5 Å². The number of amides is 2. The van der Waals surface area contributed by atoms with E-state index in [0.717, 1.165) is 26.1 Å². The number of thiophene rings is 1. The Kier molecular flexibility index (Phi) is 10.4. The number of unbranched alkanes of at least 4 members (excludes halogenated alkanes) is 2. The number of nitrogens with two attached hydrogens (primary N) is 1. The lowest BCUT2D eigenvalue weighted by molar-refractivity contribution is 0.0955. The van der Waals surface area contributed by atoms with Gasteiger partial charge in [0.1, 0.15) is 0 Å². The van der Waals surface area contributed by atoms with Crippen LogP contribution in [0.15, 0.2) is 36.4 Å². The molecule has 0 fully saturated rings. The van der Waals surface area contributed by atoms with Crippen LogP contribution < -0.4 is 16.4 Å². The third-order valence-electron chi connectivity index (χ3n) is 4.86. The van der Waals surface area contributed by atoms with E-state index in [1.807, 2.05) is 12.1 Å². The average molecular weight is 431 g/mol. The largest absolute Gasteiger partial charge is 0.397 e. The van der Waals surface area contributed by atoms with Crippen LogP contribution in [-0.2, 0) is 0 Å². The first-order chi connectivity index (χ1) is 14.5. The van der Waals surface area contributed by atoms with Crippen molar-refractivity contribution in [3.63, 3.8) is 0 Å². The Labute approximate surface area is 183 Å². The van der Waals surface area contributed by atoms with E-state index in [9.17, 15) is 9.59 Å². The van der Waals surface area contributed by atoms with Gasteiger partial charge in [0.25, 0.3) is 11.8 Å². The summed E-state index contributed by atoms with van der Waals surface area (Å²) in [5.41, 5.74) is 6.94. The molecule has 1 aromatic heterocycles. The normalized spacial score (nSPS) is 10.9. The third-order valence-corrected chi connectivity index (χ3v) is 5.94. The first-order valence-electron chi connectivity index (χ1n) is 10.8. The molecule has 7 heteroatoms. The predicted octanol–water partition coefficient (Wildman–Crippen LogP) is 4.60. The van der Waals surface area contributed by atoms with Gasteiger partial charge in [-0.05, 0) is 63.2 Å². The van der Waals surface area contributed by atoms with E-state index in [2.05, 4.69) is 29.4 Å². The van der Waals surface area contributed by atoms with Gasteiger partial charge in [0.05, 0.1) is 21.1 Å². The summed E-state index contributed by atoms with van der Waals surface area (Å²) in [5.74, 6) is -0.397. The third kappa shape index (κ3) is 7.80. The van der Waals surface area contributed by atoms with Gasteiger partial charge in [-0.1, -0.05) is 38.8 Å². The van der Waals surface area contributed by atoms with Crippen molar-refractivity contribution in [3.8, 4) is 0 Å². The van der Waals surface area contributed by atoms with Crippen LogP contribution in [-0.4, -0.2) is 42.9 Å². The van der Waals surface area contributed by atoms with Crippen LogP contribution in [0, 0.1) is 0 Å². The minimum absolute atomic E-state index is 0.132. The van der Waals surface area contributed by atoms with Gasteiger partial charge >= 0.3 is 0 Å². The van der Waals surface area contributed by atoms with Crippen LogP contribution in [0.3, 0.4) is 0 Å². The molecule has 0 saturated heterocycles. The minimum atomic E-state index is -0.264. The van der Waals surface area contributed by atoms with Gasteiger partial charge in [-0.15, -0.1) is 11.3 Å². The molecule has 6 nitrogen and oxygen atoms in total. The van der Waals surface area contributed by atoms with E-state index in [1.54, 1.807) is 24.3 Å². The van der Waals surface area contributed by atoms with Crippen molar-refractivity contribution in [1.29, 1.82) is 0 Å². The molecule has 0 radical (unpaired) electrons. The number of benzene rings is 1. The maximum Gasteiger partial charge on any atom is 0.265 e. The number of carbonyl (C=O) groups is 2. The Morgan fingerprint density at radius 2 is 1.50 bits per heavy atom. The molecule has 0 unspecified atom stereocenters. The molecular weight excluding hydrogens is 396 g/mol. The molecule has 164 valence electrons. The van der Waals surface area contributed by atoms with Crippen molar-refractivity contribution in [2.24, 2.45) is 0 Å². The summed E-state index contributed by atoms with van der Waals surface area (Å²) >= 11 is 1.19. The highest BCUT2D eigenvalue weighted by molar-refractivity contribution is 7.16. The Balaban J connectivity index is 1.79. The number of anilines is 2. The van der Waals surface area contributed by atoms with Crippen molar-refractivity contribution in [2.75, 3.05) is 37.2 Å². The second kappa shape index (κ2) is 13.0. The van der Waals surface area contributed by atoms with Crippen molar-refractivity contribution in [2.45, 2.75) is 46.0 Å². The van der Waals surface area contributed by atoms with Gasteiger partial charge in [-0.2, -0.15) is 0 Å². The highest BCUT2D eigenvalue weighted by Gasteiger charge is 2.14. The molecule has 1 aromatic carbocycles. The van der Waals surface area contributed by atoms with Crippen LogP contribution in [0.5, 0.6) is 0 Å². The number of hydrogen-bond donors (Lipinski definition) is 3. The van der Waals surface area contributed by atoms with Crippen LogP contribution in [0.25, 0.3) is 0 Å². The zero-order chi connectivity index (χ0) is 21.8. The highest BCUT2D eigenvalue weighted by Crippen LogP contribution is 2.21. The summed E-state index contributed by atoms with van der Waals surface area (Å²) < 4.78 is 0. The molecule has 30 heavy (non-hydrogen) atoms. The Morgan fingerprint density at radius 3 is 2.13 bits per heavy atom. The quantitative estimate of drug-likeness (QED) is 0.320. The number of nitrogens with one attached hydrogen (secondary N) is 2. The van der Waals surface area contributed by atoms with E-state index >= 15 is 0 Å². The van der Waals surface area contributed by atoms with Crippen molar-refractivity contribution < 1.29 is 9.59 Å². The van der Waals surface area contributed by atoms with E-state index in [-0.39, 0.29) is 11.8 Å². The van der Waals surface area contributed by atoms with E-state index < -0.39 is 0 Å². The number of rotatable bonds is 13. The van der Waals surface area contributed by atoms with Crippen LogP contribution in [0.4, 0.5) is 11.4 Å². The standard InChI is InChI=1S/C23H34N4O2S/c1-3-5-15-27(16-6-4-2)17-9-14-25-22(28)20-12-13-21(30-20)23(29)26-19-11-8-7-10-18(19)24/h7-8,10-13H,3-6,9,14-17,24H2,1-2H3,(H,25,28)(H,26,29). The molecule has 0 aliphatic rings. The molecule has 0 aliphatic heterocycles. The summed E-state index contributed by atoms with van der Waals surface area (Å²) in [5, 5.41) is 5.76. The fourth-order valence-electron chi connectivity index (χ4n) is 3.07. The molecule has 2 aromatic rings. The van der Waals surface area contributed by atoms with Gasteiger partial charge in [-0.25, -0.2) is 0 Å². The topological polar surface area (TPSA) is 87.5 Å². The number of nitrogen functional groups attached to an aromatic ring is 1. The molecule has 0 aliphatic carbocycles. The van der Waals surface area contributed by atoms with Gasteiger partial charge in [0, 0.05) is 6.54 Å². The van der Waals surface area contributed by atoms with E-state index in [4.69, 9.17) is 5.73 Å². The monoisotopic (exact) mass is 430 g/mol. The summed E-state index contributed by atoms with van der Waals surface area (Å²) in [4.78, 5) is 28.3. The first kappa shape index (κ1) is 23.9. The fourth-order valence-corrected chi connectivity index (χ4v) is 3.88. The van der Waals surface area contributed by atoms with Crippen molar-refractivity contribution in [3.05, 3.63) is 46.2 Å². The summed E-state index contributed by atoms with van der Waals surface area (Å²) in [6.07, 6.45) is 5.75. The molecule has 0 saturated carbocycles. The Morgan fingerprint density at radius 1 is 0.900 bits per heavy atom. The lowest BCUT2D eigenvalue weighted by atomic mass is 10.2. The lowest BCUT2D eigenvalue weighted by Crippen LogP contribution is -2.31. The second-order valence-electron chi connectivity index (χ2n) is 7.36. The number of para-hydroxylation sites is 2. The molecule has 0 atom stereocenters. The van der Waals surface area contributed by atoms with Crippen LogP contribution in [0.1, 0.15) is 65.3 Å². The fraction of sp³-hybridized carbons (Fsp3) is 0.478. The molecule has 1 heterocycles. The average Bonchev–Trinajstić information content (AvgIpc) is 3.24.